The highest BCUT2D eigenvalue weighted by Gasteiger charge is 2.34. The van der Waals surface area contributed by atoms with Gasteiger partial charge in [0.05, 0.1) is 10.6 Å². The van der Waals surface area contributed by atoms with Crippen molar-refractivity contribution in [3.8, 4) is 0 Å². The molecule has 0 aliphatic heterocycles. The summed E-state index contributed by atoms with van der Waals surface area (Å²) in [6.45, 7) is 7.61. The van der Waals surface area contributed by atoms with Crippen molar-refractivity contribution in [2.24, 2.45) is 0 Å². The molecule has 0 spiro atoms. The van der Waals surface area contributed by atoms with Crippen molar-refractivity contribution in [3.05, 3.63) is 94.5 Å². The maximum Gasteiger partial charge on any atom is 0.264 e. The number of carbonyl (C=O) groups is 2. The highest BCUT2D eigenvalue weighted by molar-refractivity contribution is 7.92. The minimum Gasteiger partial charge on any atom is -0.354 e. The maximum atomic E-state index is 14.1. The van der Waals surface area contributed by atoms with Gasteiger partial charge in [-0.2, -0.15) is 0 Å². The second-order valence-electron chi connectivity index (χ2n) is 9.43. The number of sulfonamides is 1. The average Bonchev–Trinajstić information content (AvgIpc) is 2.92. The average molecular weight is 570 g/mol. The summed E-state index contributed by atoms with van der Waals surface area (Å²) in [6, 6.07) is 19.9. The largest absolute Gasteiger partial charge is 0.354 e. The van der Waals surface area contributed by atoms with Crippen molar-refractivity contribution in [2.75, 3.05) is 17.4 Å². The molecule has 9 heteroatoms. The summed E-state index contributed by atoms with van der Waals surface area (Å²) in [5.41, 5.74) is 2.70. The zero-order valence-electron chi connectivity index (χ0n) is 22.9. The molecule has 7 nitrogen and oxygen atoms in total. The van der Waals surface area contributed by atoms with Gasteiger partial charge in [0, 0.05) is 18.1 Å². The Morgan fingerprint density at radius 3 is 2.28 bits per heavy atom. The summed E-state index contributed by atoms with van der Waals surface area (Å²) < 4.78 is 28.9. The Morgan fingerprint density at radius 1 is 0.949 bits per heavy atom. The number of anilines is 1. The van der Waals surface area contributed by atoms with E-state index in [1.54, 1.807) is 43.3 Å². The Morgan fingerprint density at radius 2 is 1.64 bits per heavy atom. The summed E-state index contributed by atoms with van der Waals surface area (Å²) in [4.78, 5) is 28.8. The lowest BCUT2D eigenvalue weighted by Crippen LogP contribution is -2.52. The first-order valence-electron chi connectivity index (χ1n) is 13.1. The van der Waals surface area contributed by atoms with Crippen LogP contribution < -0.4 is 9.62 Å². The molecular weight excluding hydrogens is 534 g/mol. The number of amides is 2. The second kappa shape index (κ2) is 13.6. The predicted molar refractivity (Wildman–Crippen MR) is 156 cm³/mol. The van der Waals surface area contributed by atoms with Crippen LogP contribution in [0.3, 0.4) is 0 Å². The molecule has 39 heavy (non-hydrogen) atoms. The van der Waals surface area contributed by atoms with Crippen LogP contribution in [0.15, 0.2) is 77.7 Å². The van der Waals surface area contributed by atoms with Crippen molar-refractivity contribution < 1.29 is 18.0 Å². The first-order chi connectivity index (χ1) is 18.6. The van der Waals surface area contributed by atoms with E-state index in [4.69, 9.17) is 11.6 Å². The van der Waals surface area contributed by atoms with Gasteiger partial charge in [0.25, 0.3) is 10.0 Å². The number of carbonyl (C=O) groups excluding carboxylic acids is 2. The van der Waals surface area contributed by atoms with Gasteiger partial charge in [0.1, 0.15) is 12.6 Å². The molecule has 0 radical (unpaired) electrons. The topological polar surface area (TPSA) is 86.8 Å². The minimum absolute atomic E-state index is 0.0511. The highest BCUT2D eigenvalue weighted by Crippen LogP contribution is 2.31. The fraction of sp³-hybridized carbons (Fsp3) is 0.333. The van der Waals surface area contributed by atoms with E-state index in [9.17, 15) is 18.0 Å². The van der Waals surface area contributed by atoms with Crippen LogP contribution in [0.5, 0.6) is 0 Å². The number of benzene rings is 3. The third-order valence-corrected chi connectivity index (χ3v) is 8.67. The SMILES string of the molecule is CCCNC(=O)[C@@H](CC)N(Cc1cccc(C)c1)C(=O)CN(c1cccc(Cl)c1C)S(=O)(=O)c1ccccc1. The van der Waals surface area contributed by atoms with Gasteiger partial charge >= 0.3 is 0 Å². The van der Waals surface area contributed by atoms with E-state index in [-0.39, 0.29) is 17.3 Å². The van der Waals surface area contributed by atoms with E-state index < -0.39 is 28.5 Å². The van der Waals surface area contributed by atoms with Crippen LogP contribution in [0.1, 0.15) is 43.4 Å². The predicted octanol–water partition coefficient (Wildman–Crippen LogP) is 5.49. The molecule has 3 aromatic rings. The van der Waals surface area contributed by atoms with Gasteiger partial charge in [-0.25, -0.2) is 8.42 Å². The summed E-state index contributed by atoms with van der Waals surface area (Å²) in [5.74, 6) is -0.759. The zero-order valence-corrected chi connectivity index (χ0v) is 24.4. The maximum absolute atomic E-state index is 14.1. The fourth-order valence-corrected chi connectivity index (χ4v) is 6.05. The lowest BCUT2D eigenvalue weighted by molar-refractivity contribution is -0.140. The smallest absolute Gasteiger partial charge is 0.264 e. The van der Waals surface area contributed by atoms with Gasteiger partial charge in [-0.05, 0) is 62.1 Å². The van der Waals surface area contributed by atoms with E-state index in [0.717, 1.165) is 21.9 Å². The summed E-state index contributed by atoms with van der Waals surface area (Å²) in [6.07, 6.45) is 1.12. The number of aryl methyl sites for hydroxylation is 1. The van der Waals surface area contributed by atoms with Crippen LogP contribution in [0.2, 0.25) is 5.02 Å². The number of hydrogen-bond donors (Lipinski definition) is 1. The van der Waals surface area contributed by atoms with Gasteiger partial charge < -0.3 is 10.2 Å². The van der Waals surface area contributed by atoms with Crippen LogP contribution in [0.25, 0.3) is 0 Å². The first-order valence-corrected chi connectivity index (χ1v) is 14.9. The molecule has 0 saturated heterocycles. The van der Waals surface area contributed by atoms with Gasteiger partial charge in [0.2, 0.25) is 11.8 Å². The standard InChI is InChI=1S/C30H36ClN3O4S/c1-5-18-32-30(36)27(6-2)33(20-24-13-10-12-22(3)19-24)29(35)21-34(28-17-11-16-26(31)23(28)4)39(37,38)25-14-8-7-9-15-25/h7-17,19,27H,5-6,18,20-21H2,1-4H3,(H,32,36)/t27-/m1/s1. The van der Waals surface area contributed by atoms with Crippen LogP contribution in [-0.2, 0) is 26.2 Å². The molecule has 3 rings (SSSR count). The highest BCUT2D eigenvalue weighted by atomic mass is 35.5. The molecule has 0 saturated carbocycles. The third kappa shape index (κ3) is 7.40. The molecule has 1 atom stereocenters. The van der Waals surface area contributed by atoms with Gasteiger partial charge in [-0.3, -0.25) is 13.9 Å². The molecule has 1 N–H and O–H groups in total. The second-order valence-corrected chi connectivity index (χ2v) is 11.7. The number of hydrogen-bond acceptors (Lipinski definition) is 4. The van der Waals surface area contributed by atoms with Gasteiger partial charge in [-0.15, -0.1) is 0 Å². The molecule has 0 aliphatic carbocycles. The first kappa shape index (κ1) is 30.2. The molecule has 3 aromatic carbocycles. The van der Waals surface area contributed by atoms with Crippen molar-refractivity contribution in [3.63, 3.8) is 0 Å². The van der Waals surface area contributed by atoms with E-state index in [1.807, 2.05) is 45.0 Å². The summed E-state index contributed by atoms with van der Waals surface area (Å²) >= 11 is 6.37. The monoisotopic (exact) mass is 569 g/mol. The molecule has 0 bridgehead atoms. The Bertz CT molecular complexity index is 1400. The molecule has 0 unspecified atom stereocenters. The van der Waals surface area contributed by atoms with Crippen molar-refractivity contribution in [2.45, 2.75) is 58.0 Å². The quantitative estimate of drug-likeness (QED) is 0.313. The summed E-state index contributed by atoms with van der Waals surface area (Å²) in [7, 11) is -4.14. The fourth-order valence-electron chi connectivity index (χ4n) is 4.39. The molecule has 208 valence electrons. The van der Waals surface area contributed by atoms with Crippen molar-refractivity contribution >= 4 is 39.1 Å². The van der Waals surface area contributed by atoms with Crippen LogP contribution in [0, 0.1) is 13.8 Å². The lowest BCUT2D eigenvalue weighted by Gasteiger charge is -2.33. The number of nitrogens with zero attached hydrogens (tertiary/aromatic N) is 2. The van der Waals surface area contributed by atoms with Crippen LogP contribution in [0.4, 0.5) is 5.69 Å². The Balaban J connectivity index is 2.08. The third-order valence-electron chi connectivity index (χ3n) is 6.49. The summed E-state index contributed by atoms with van der Waals surface area (Å²) in [5, 5.41) is 3.28. The van der Waals surface area contributed by atoms with Gasteiger partial charge in [-0.1, -0.05) is 79.5 Å². The van der Waals surface area contributed by atoms with E-state index >= 15 is 0 Å². The molecule has 2 amide bonds. The van der Waals surface area contributed by atoms with E-state index in [0.29, 0.717) is 29.2 Å². The van der Waals surface area contributed by atoms with Gasteiger partial charge in [0.15, 0.2) is 0 Å². The molecule has 0 aliphatic rings. The Labute approximate surface area is 236 Å². The van der Waals surface area contributed by atoms with E-state index in [1.165, 1.54) is 17.0 Å². The molecule has 0 fully saturated rings. The lowest BCUT2D eigenvalue weighted by atomic mass is 10.1. The van der Waals surface area contributed by atoms with E-state index in [2.05, 4.69) is 5.32 Å². The normalized spacial score (nSPS) is 12.0. The van der Waals surface area contributed by atoms with Crippen LogP contribution >= 0.6 is 11.6 Å². The molecular formula is C30H36ClN3O4S. The molecule has 0 aromatic heterocycles. The number of rotatable bonds is 12. The van der Waals surface area contributed by atoms with Crippen molar-refractivity contribution in [1.82, 2.24) is 10.2 Å². The zero-order chi connectivity index (χ0) is 28.6. The number of nitrogens with one attached hydrogen (secondary N) is 1. The minimum atomic E-state index is -4.14. The van der Waals surface area contributed by atoms with Crippen molar-refractivity contribution in [1.29, 1.82) is 0 Å². The molecule has 0 heterocycles. The number of halogens is 1. The Hall–Kier alpha value is -3.36. The van der Waals surface area contributed by atoms with Crippen LogP contribution in [-0.4, -0.2) is 44.3 Å². The Kier molecular flexibility index (Phi) is 10.5.